The number of para-hydroxylation sites is 2. The van der Waals surface area contributed by atoms with E-state index in [2.05, 4.69) is 4.98 Å². The number of benzene rings is 2. The Labute approximate surface area is 136 Å². The SMILES string of the molecule is CN(C(=O)Cc1ccccc1[N+](=O)[O-])c1nc2ccccc2s1. The molecule has 0 saturated heterocycles. The van der Waals surface area contributed by atoms with Crippen molar-refractivity contribution in [2.45, 2.75) is 6.42 Å². The van der Waals surface area contributed by atoms with Gasteiger partial charge < -0.3 is 0 Å². The number of rotatable bonds is 4. The number of nitro groups is 1. The lowest BCUT2D eigenvalue weighted by Crippen LogP contribution is -2.27. The van der Waals surface area contributed by atoms with Crippen LogP contribution in [0.2, 0.25) is 0 Å². The number of thiazole rings is 1. The first kappa shape index (κ1) is 15.1. The number of amides is 1. The zero-order valence-corrected chi connectivity index (χ0v) is 13.1. The number of nitrogens with zero attached hydrogens (tertiary/aromatic N) is 3. The van der Waals surface area contributed by atoms with Gasteiger partial charge in [0.25, 0.3) is 5.69 Å². The molecule has 23 heavy (non-hydrogen) atoms. The Kier molecular flexibility index (Phi) is 4.03. The van der Waals surface area contributed by atoms with E-state index in [0.717, 1.165) is 10.2 Å². The van der Waals surface area contributed by atoms with Crippen LogP contribution in [0.5, 0.6) is 0 Å². The van der Waals surface area contributed by atoms with Gasteiger partial charge in [-0.25, -0.2) is 4.98 Å². The fourth-order valence-electron chi connectivity index (χ4n) is 2.23. The molecular weight excluding hydrogens is 314 g/mol. The molecule has 1 aromatic heterocycles. The van der Waals surface area contributed by atoms with Crippen LogP contribution in [0.3, 0.4) is 0 Å². The van der Waals surface area contributed by atoms with Gasteiger partial charge in [-0.05, 0) is 12.1 Å². The Balaban J connectivity index is 1.84. The van der Waals surface area contributed by atoms with Crippen LogP contribution in [0.1, 0.15) is 5.56 Å². The van der Waals surface area contributed by atoms with Crippen molar-refractivity contribution in [2.75, 3.05) is 11.9 Å². The molecule has 0 spiro atoms. The highest BCUT2D eigenvalue weighted by Crippen LogP contribution is 2.28. The van der Waals surface area contributed by atoms with Gasteiger partial charge in [0.15, 0.2) is 5.13 Å². The third-order valence-corrected chi connectivity index (χ3v) is 4.59. The smallest absolute Gasteiger partial charge is 0.273 e. The van der Waals surface area contributed by atoms with Gasteiger partial charge in [-0.1, -0.05) is 41.7 Å². The second-order valence-corrected chi connectivity index (χ2v) is 5.99. The summed E-state index contributed by atoms with van der Waals surface area (Å²) in [6.07, 6.45) is -0.0381. The Morgan fingerprint density at radius 3 is 2.65 bits per heavy atom. The molecule has 0 radical (unpaired) electrons. The molecule has 3 aromatic rings. The van der Waals surface area contributed by atoms with Crippen LogP contribution in [0.4, 0.5) is 10.8 Å². The zero-order valence-electron chi connectivity index (χ0n) is 12.3. The fraction of sp³-hybridized carbons (Fsp3) is 0.125. The molecule has 116 valence electrons. The Morgan fingerprint density at radius 1 is 1.22 bits per heavy atom. The van der Waals surface area contributed by atoms with Crippen LogP contribution in [-0.2, 0) is 11.2 Å². The first-order chi connectivity index (χ1) is 11.1. The molecule has 0 atom stereocenters. The zero-order chi connectivity index (χ0) is 16.4. The Hall–Kier alpha value is -2.80. The van der Waals surface area contributed by atoms with E-state index >= 15 is 0 Å². The number of aromatic nitrogens is 1. The highest BCUT2D eigenvalue weighted by molar-refractivity contribution is 7.22. The van der Waals surface area contributed by atoms with Crippen LogP contribution in [0.15, 0.2) is 48.5 Å². The second-order valence-electron chi connectivity index (χ2n) is 4.98. The van der Waals surface area contributed by atoms with Gasteiger partial charge in [-0.2, -0.15) is 0 Å². The van der Waals surface area contributed by atoms with Crippen LogP contribution in [0.25, 0.3) is 10.2 Å². The van der Waals surface area contributed by atoms with Gasteiger partial charge in [-0.15, -0.1) is 0 Å². The van der Waals surface area contributed by atoms with Gasteiger partial charge in [0, 0.05) is 18.7 Å². The van der Waals surface area contributed by atoms with E-state index in [9.17, 15) is 14.9 Å². The number of hydrogen-bond acceptors (Lipinski definition) is 5. The monoisotopic (exact) mass is 327 g/mol. The number of hydrogen-bond donors (Lipinski definition) is 0. The summed E-state index contributed by atoms with van der Waals surface area (Å²) in [5, 5.41) is 11.6. The summed E-state index contributed by atoms with van der Waals surface area (Å²) in [6, 6.07) is 13.9. The van der Waals surface area contributed by atoms with E-state index in [1.807, 2.05) is 24.3 Å². The summed E-state index contributed by atoms with van der Waals surface area (Å²) in [5.41, 5.74) is 1.19. The maximum Gasteiger partial charge on any atom is 0.273 e. The summed E-state index contributed by atoms with van der Waals surface area (Å²) in [4.78, 5) is 28.9. The van der Waals surface area contributed by atoms with Gasteiger partial charge in [0.2, 0.25) is 5.91 Å². The molecule has 0 bridgehead atoms. The van der Waals surface area contributed by atoms with Crippen molar-refractivity contribution in [3.63, 3.8) is 0 Å². The minimum absolute atomic E-state index is 0.0381. The molecular formula is C16H13N3O3S. The number of anilines is 1. The number of carbonyl (C=O) groups is 1. The fourth-order valence-corrected chi connectivity index (χ4v) is 3.17. The lowest BCUT2D eigenvalue weighted by atomic mass is 10.1. The minimum atomic E-state index is -0.472. The highest BCUT2D eigenvalue weighted by Gasteiger charge is 2.20. The maximum atomic E-state index is 12.4. The molecule has 2 aromatic carbocycles. The number of carbonyl (C=O) groups excluding carboxylic acids is 1. The van der Waals surface area contributed by atoms with Crippen molar-refractivity contribution in [1.29, 1.82) is 0 Å². The van der Waals surface area contributed by atoms with E-state index in [-0.39, 0.29) is 18.0 Å². The van der Waals surface area contributed by atoms with Gasteiger partial charge in [0.05, 0.1) is 21.6 Å². The highest BCUT2D eigenvalue weighted by atomic mass is 32.1. The molecule has 0 aliphatic rings. The average Bonchev–Trinajstić information content (AvgIpc) is 2.98. The minimum Gasteiger partial charge on any atom is -0.291 e. The standard InChI is InChI=1S/C16H13N3O3S/c1-18(16-17-12-7-3-5-9-14(12)23-16)15(20)10-11-6-2-4-8-13(11)19(21)22/h2-9H,10H2,1H3. The summed E-state index contributed by atoms with van der Waals surface area (Å²) >= 11 is 1.41. The largest absolute Gasteiger partial charge is 0.291 e. The Morgan fingerprint density at radius 2 is 1.91 bits per heavy atom. The molecule has 0 aliphatic heterocycles. The van der Waals surface area contributed by atoms with E-state index in [4.69, 9.17) is 0 Å². The lowest BCUT2D eigenvalue weighted by Gasteiger charge is -2.13. The summed E-state index contributed by atoms with van der Waals surface area (Å²) in [7, 11) is 1.63. The average molecular weight is 327 g/mol. The molecule has 6 nitrogen and oxygen atoms in total. The van der Waals surface area contributed by atoms with E-state index in [1.165, 1.54) is 22.3 Å². The molecule has 7 heteroatoms. The molecule has 0 aliphatic carbocycles. The van der Waals surface area contributed by atoms with Gasteiger partial charge in [0.1, 0.15) is 0 Å². The maximum absolute atomic E-state index is 12.4. The van der Waals surface area contributed by atoms with E-state index < -0.39 is 4.92 Å². The molecule has 3 rings (SSSR count). The second kappa shape index (κ2) is 6.13. The van der Waals surface area contributed by atoms with E-state index in [0.29, 0.717) is 10.7 Å². The number of nitro benzene ring substituents is 1. The van der Waals surface area contributed by atoms with Crippen LogP contribution >= 0.6 is 11.3 Å². The third-order valence-electron chi connectivity index (χ3n) is 3.47. The molecule has 0 fully saturated rings. The van der Waals surface area contributed by atoms with Crippen molar-refractivity contribution in [1.82, 2.24) is 4.98 Å². The van der Waals surface area contributed by atoms with Crippen molar-refractivity contribution < 1.29 is 9.72 Å². The van der Waals surface area contributed by atoms with Crippen molar-refractivity contribution >= 4 is 38.3 Å². The predicted octanol–water partition coefficient (Wildman–Crippen LogP) is 3.41. The first-order valence-corrected chi connectivity index (χ1v) is 7.72. The van der Waals surface area contributed by atoms with Crippen LogP contribution in [-0.4, -0.2) is 22.9 Å². The van der Waals surface area contributed by atoms with Crippen LogP contribution < -0.4 is 4.90 Å². The van der Waals surface area contributed by atoms with Crippen molar-refractivity contribution in [3.05, 3.63) is 64.2 Å². The summed E-state index contributed by atoms with van der Waals surface area (Å²) in [5.74, 6) is -0.238. The summed E-state index contributed by atoms with van der Waals surface area (Å²) < 4.78 is 0.993. The predicted molar refractivity (Wildman–Crippen MR) is 89.8 cm³/mol. The topological polar surface area (TPSA) is 76.3 Å². The first-order valence-electron chi connectivity index (χ1n) is 6.90. The summed E-state index contributed by atoms with van der Waals surface area (Å²) in [6.45, 7) is 0. The number of likely N-dealkylation sites (N-methyl/N-ethyl adjacent to an activating group) is 1. The van der Waals surface area contributed by atoms with Gasteiger partial charge >= 0.3 is 0 Å². The quantitative estimate of drug-likeness (QED) is 0.543. The Bertz CT molecular complexity index is 858. The molecule has 0 unspecified atom stereocenters. The lowest BCUT2D eigenvalue weighted by molar-refractivity contribution is -0.385. The van der Waals surface area contributed by atoms with Crippen LogP contribution in [0, 0.1) is 10.1 Å². The molecule has 0 N–H and O–H groups in total. The van der Waals surface area contributed by atoms with E-state index in [1.54, 1.807) is 25.2 Å². The molecule has 1 heterocycles. The van der Waals surface area contributed by atoms with Gasteiger partial charge in [-0.3, -0.25) is 19.8 Å². The number of fused-ring (bicyclic) bond motifs is 1. The van der Waals surface area contributed by atoms with Crippen molar-refractivity contribution in [3.8, 4) is 0 Å². The normalized spacial score (nSPS) is 10.7. The molecule has 1 amide bonds. The van der Waals surface area contributed by atoms with Crippen molar-refractivity contribution in [2.24, 2.45) is 0 Å². The molecule has 0 saturated carbocycles. The third kappa shape index (κ3) is 3.04.